The summed E-state index contributed by atoms with van der Waals surface area (Å²) in [5, 5.41) is 2.07. The Morgan fingerprint density at radius 3 is 1.29 bits per heavy atom. The normalized spacial score (nSPS) is 16.3. The maximum absolute atomic E-state index is 15.0. The second-order valence-electron chi connectivity index (χ2n) is 15.9. The molecule has 0 aliphatic carbocycles. The fourth-order valence-corrected chi connectivity index (χ4v) is 12.1. The van der Waals surface area contributed by atoms with Gasteiger partial charge in [-0.3, -0.25) is 0 Å². The van der Waals surface area contributed by atoms with Gasteiger partial charge >= 0.3 is 365 Å². The Hall–Kier alpha value is -2.13. The van der Waals surface area contributed by atoms with Gasteiger partial charge in [0.25, 0.3) is 0 Å². The van der Waals surface area contributed by atoms with E-state index >= 15 is 0 Å². The zero-order valence-corrected chi connectivity index (χ0v) is 38.2. The molecule has 4 aromatic rings. The Balaban J connectivity index is 1.30. The number of amides is 2. The molecule has 2 aromatic heterocycles. The van der Waals surface area contributed by atoms with Crippen LogP contribution in [0.25, 0.3) is 31.3 Å². The van der Waals surface area contributed by atoms with Gasteiger partial charge in [0.2, 0.25) is 0 Å². The quantitative estimate of drug-likeness (QED) is 0.0399. The van der Waals surface area contributed by atoms with E-state index in [2.05, 4.69) is 70.0 Å². The number of thiophene rings is 2. The van der Waals surface area contributed by atoms with E-state index in [1.165, 1.54) is 89.9 Å². The molecule has 2 aliphatic rings. The molecular weight excluding hydrogens is 858 g/mol. The van der Waals surface area contributed by atoms with E-state index in [4.69, 9.17) is 15.0 Å². The standard InChI is InChI=1S/C46H56B2Br2N2O2S2/c1-3-5-7-9-11-13-15-17-19-31(27-47)29-51-41-35-23-21-33(49)25-37(35)55-43(41)39(45(51)53)40-44-42(36-24-22-34(50)26-38(36)56-44)52(46(40)54)30-32(28-48)20-18-16-14-12-10-8-6-4-2/h21-28,31-32H,3-20,29-30H2,1-2H3/b40-39+. The van der Waals surface area contributed by atoms with Gasteiger partial charge in [-0.2, -0.15) is 0 Å². The third-order valence-corrected chi connectivity index (χ3v) is 15.0. The monoisotopic (exact) mass is 912 g/mol. The molecule has 0 saturated carbocycles. The Bertz CT molecular complexity index is 1910. The van der Waals surface area contributed by atoms with Crippen molar-refractivity contribution in [1.29, 1.82) is 0 Å². The summed E-state index contributed by atoms with van der Waals surface area (Å²) in [6.45, 7) is 5.49. The molecule has 0 N–H and O–H groups in total. The van der Waals surface area contributed by atoms with E-state index in [0.717, 1.165) is 75.9 Å². The molecule has 2 radical (unpaired) electrons. The van der Waals surface area contributed by atoms with Gasteiger partial charge in [-0.05, 0) is 0 Å². The molecule has 0 saturated heterocycles. The summed E-state index contributed by atoms with van der Waals surface area (Å²) in [7, 11) is 12.6. The average Bonchev–Trinajstić information content (AvgIpc) is 3.88. The molecule has 0 fully saturated rings. The van der Waals surface area contributed by atoms with Crippen LogP contribution in [0.15, 0.2) is 45.3 Å². The fraction of sp³-hybridized carbons (Fsp3) is 0.522. The van der Waals surface area contributed by atoms with E-state index in [9.17, 15) is 9.59 Å². The third-order valence-electron chi connectivity index (χ3n) is 11.6. The fourth-order valence-electron chi connectivity index (χ4n) is 8.49. The van der Waals surface area contributed by atoms with Crippen LogP contribution < -0.4 is 9.80 Å². The van der Waals surface area contributed by atoms with Crippen LogP contribution in [-0.4, -0.2) is 51.8 Å². The van der Waals surface area contributed by atoms with Crippen molar-refractivity contribution in [3.05, 3.63) is 55.1 Å². The van der Waals surface area contributed by atoms with Crippen molar-refractivity contribution in [2.75, 3.05) is 22.9 Å². The maximum atomic E-state index is 15.0. The van der Waals surface area contributed by atoms with Gasteiger partial charge in [-0.1, -0.05) is 0 Å². The van der Waals surface area contributed by atoms with Crippen molar-refractivity contribution < 1.29 is 9.59 Å². The van der Waals surface area contributed by atoms with Crippen molar-refractivity contribution in [3.63, 3.8) is 0 Å². The van der Waals surface area contributed by atoms with E-state index in [0.29, 0.717) is 24.2 Å². The van der Waals surface area contributed by atoms with Crippen LogP contribution in [0.1, 0.15) is 139 Å². The molecule has 2 aromatic carbocycles. The van der Waals surface area contributed by atoms with Gasteiger partial charge in [-0.15, -0.1) is 0 Å². The van der Waals surface area contributed by atoms with Gasteiger partial charge < -0.3 is 0 Å². The average molecular weight is 915 g/mol. The van der Waals surface area contributed by atoms with E-state index in [-0.39, 0.29) is 23.7 Å². The van der Waals surface area contributed by atoms with E-state index in [1.807, 2.05) is 21.9 Å². The van der Waals surface area contributed by atoms with Gasteiger partial charge in [0.05, 0.1) is 0 Å². The molecule has 10 heteroatoms. The molecule has 294 valence electrons. The Labute approximate surface area is 362 Å². The molecule has 2 amide bonds. The molecule has 56 heavy (non-hydrogen) atoms. The van der Waals surface area contributed by atoms with Gasteiger partial charge in [-0.25, -0.2) is 0 Å². The Morgan fingerprint density at radius 1 is 0.571 bits per heavy atom. The predicted octanol–water partition coefficient (Wildman–Crippen LogP) is 13.5. The minimum absolute atomic E-state index is 0.0480. The van der Waals surface area contributed by atoms with E-state index in [1.54, 1.807) is 34.6 Å². The number of halogens is 2. The summed E-state index contributed by atoms with van der Waals surface area (Å²) in [5.41, 5.74) is 2.87. The van der Waals surface area contributed by atoms with Crippen LogP contribution in [0.2, 0.25) is 0 Å². The van der Waals surface area contributed by atoms with Gasteiger partial charge in [0.15, 0.2) is 0 Å². The van der Waals surface area contributed by atoms with Crippen LogP contribution in [0.5, 0.6) is 0 Å². The number of hydrogen-bond donors (Lipinski definition) is 0. The number of hydrogen-bond acceptors (Lipinski definition) is 4. The number of anilines is 2. The van der Waals surface area contributed by atoms with Crippen molar-refractivity contribution in [2.45, 2.75) is 129 Å². The third kappa shape index (κ3) is 10.00. The number of carbonyl (C=O) groups is 2. The summed E-state index contributed by atoms with van der Waals surface area (Å²) in [6.07, 6.45) is 21.9. The minimum atomic E-state index is -0.102. The summed E-state index contributed by atoms with van der Waals surface area (Å²) in [6, 6.07) is 12.5. The zero-order chi connectivity index (χ0) is 39.6. The topological polar surface area (TPSA) is 40.6 Å². The van der Waals surface area contributed by atoms with Crippen LogP contribution in [-0.2, 0) is 9.59 Å². The van der Waals surface area contributed by atoms with Crippen LogP contribution in [0.3, 0.4) is 0 Å². The second kappa shape index (κ2) is 21.2. The van der Waals surface area contributed by atoms with Gasteiger partial charge in [0.1, 0.15) is 0 Å². The first-order valence-corrected chi connectivity index (χ1v) is 24.5. The molecule has 0 spiro atoms. The molecule has 2 unspecified atom stereocenters. The van der Waals surface area contributed by atoms with Crippen LogP contribution in [0, 0.1) is 11.8 Å². The number of nitrogens with zero attached hydrogens (tertiary/aromatic N) is 2. The number of rotatable bonds is 24. The van der Waals surface area contributed by atoms with Crippen molar-refractivity contribution in [3.8, 4) is 0 Å². The number of unbranched alkanes of at least 4 members (excludes halogenated alkanes) is 14. The molecule has 2 atom stereocenters. The SMILES string of the molecule is [B]=CC(CCCCCCCCCC)CN1C(=O)/C(=C2/C(=O)N(CC(C=[B])CCCCCCCCCC)c3c2sc2cc(Br)ccc32)c2sc3cc(Br)ccc3c21. The number of carbonyl (C=O) groups excluding carboxylic acids is 2. The van der Waals surface area contributed by atoms with Crippen molar-refractivity contribution in [2.24, 2.45) is 11.8 Å². The van der Waals surface area contributed by atoms with Crippen molar-refractivity contribution in [1.82, 2.24) is 0 Å². The molecule has 0 bridgehead atoms. The molecular formula is C46H56B2Br2N2O2S2. The zero-order valence-electron chi connectivity index (χ0n) is 33.4. The number of fused-ring (bicyclic) bond motifs is 6. The van der Waals surface area contributed by atoms with E-state index < -0.39 is 0 Å². The summed E-state index contributed by atoms with van der Waals surface area (Å²) in [5.74, 6) is 3.46. The second-order valence-corrected chi connectivity index (χ2v) is 19.8. The summed E-state index contributed by atoms with van der Waals surface area (Å²) in [4.78, 5) is 35.6. The first-order valence-electron chi connectivity index (χ1n) is 21.2. The number of benzene rings is 2. The van der Waals surface area contributed by atoms with Crippen molar-refractivity contribution >= 4 is 136 Å². The molecule has 4 nitrogen and oxygen atoms in total. The molecule has 4 heterocycles. The Morgan fingerprint density at radius 2 is 0.929 bits per heavy atom. The molecule has 2 aliphatic heterocycles. The van der Waals surface area contributed by atoms with Crippen LogP contribution >= 0.6 is 54.5 Å². The molecule has 6 rings (SSSR count). The summed E-state index contributed by atoms with van der Waals surface area (Å²) < 4.78 is 4.14. The van der Waals surface area contributed by atoms with Crippen LogP contribution in [0.4, 0.5) is 11.4 Å². The predicted molar refractivity (Wildman–Crippen MR) is 256 cm³/mol. The summed E-state index contributed by atoms with van der Waals surface area (Å²) >= 11 is 10.6. The van der Waals surface area contributed by atoms with Gasteiger partial charge in [0, 0.05) is 0 Å². The first kappa shape index (κ1) is 43.4. The first-order chi connectivity index (χ1) is 27.3. The Kier molecular flexibility index (Phi) is 16.5.